The molecule has 8 heteroatoms. The summed E-state index contributed by atoms with van der Waals surface area (Å²) >= 11 is 9.29. The molecule has 0 saturated carbocycles. The molecule has 4 rings (SSSR count). The van der Waals surface area contributed by atoms with Crippen LogP contribution in [0.3, 0.4) is 0 Å². The first kappa shape index (κ1) is 21.2. The molecular formula is C23H16BrClFNO4. The summed E-state index contributed by atoms with van der Waals surface area (Å²) in [7, 11) is 0. The smallest absolute Gasteiger partial charge is 0.488 e. The van der Waals surface area contributed by atoms with Crippen molar-refractivity contribution in [1.29, 1.82) is 0 Å². The van der Waals surface area contributed by atoms with Crippen LogP contribution in [0.4, 0.5) is 9.18 Å². The Morgan fingerprint density at radius 2 is 1.90 bits per heavy atom. The topological polar surface area (TPSA) is 60.7 Å². The van der Waals surface area contributed by atoms with Gasteiger partial charge in [0.05, 0.1) is 12.1 Å². The maximum Gasteiger partial charge on any atom is 0.511 e. The molecule has 1 aromatic heterocycles. The molecule has 3 aromatic carbocycles. The van der Waals surface area contributed by atoms with E-state index < -0.39 is 12.0 Å². The monoisotopic (exact) mass is 503 g/mol. The number of carboxylic acid groups (broad SMARTS) is 1. The zero-order chi connectivity index (χ0) is 22.0. The lowest BCUT2D eigenvalue weighted by molar-refractivity contribution is 0.145. The van der Waals surface area contributed by atoms with Gasteiger partial charge in [-0.15, -0.1) is 0 Å². The first-order valence-electron chi connectivity index (χ1n) is 9.24. The second-order valence-electron chi connectivity index (χ2n) is 6.78. The van der Waals surface area contributed by atoms with Gasteiger partial charge >= 0.3 is 6.16 Å². The maximum absolute atomic E-state index is 14.1. The van der Waals surface area contributed by atoms with E-state index in [2.05, 4.69) is 15.9 Å². The average Bonchev–Trinajstić information content (AvgIpc) is 3.12. The Bertz CT molecular complexity index is 1270. The summed E-state index contributed by atoms with van der Waals surface area (Å²) in [5.41, 5.74) is 2.08. The molecule has 1 heterocycles. The van der Waals surface area contributed by atoms with Crippen molar-refractivity contribution in [1.82, 2.24) is 4.57 Å². The Morgan fingerprint density at radius 1 is 1.06 bits per heavy atom. The quantitative estimate of drug-likeness (QED) is 0.230. The molecular weight excluding hydrogens is 489 g/mol. The van der Waals surface area contributed by atoms with Gasteiger partial charge in [-0.2, -0.15) is 0 Å². The zero-order valence-electron chi connectivity index (χ0n) is 16.0. The molecule has 0 bridgehead atoms. The van der Waals surface area contributed by atoms with Crippen LogP contribution in [0.15, 0.2) is 71.3 Å². The molecule has 0 aliphatic rings. The first-order chi connectivity index (χ1) is 14.9. The predicted molar refractivity (Wildman–Crippen MR) is 120 cm³/mol. The second-order valence-corrected chi connectivity index (χ2v) is 8.13. The highest BCUT2D eigenvalue weighted by Crippen LogP contribution is 2.30. The van der Waals surface area contributed by atoms with E-state index in [9.17, 15) is 9.18 Å². The summed E-state index contributed by atoms with van der Waals surface area (Å²) in [6, 6.07) is 17.1. The number of halogens is 3. The fourth-order valence-electron chi connectivity index (χ4n) is 3.31. The normalized spacial score (nSPS) is 10.9. The Labute approximate surface area is 190 Å². The van der Waals surface area contributed by atoms with E-state index in [0.29, 0.717) is 28.3 Å². The van der Waals surface area contributed by atoms with Crippen LogP contribution in [0, 0.1) is 5.82 Å². The minimum atomic E-state index is -1.36. The summed E-state index contributed by atoms with van der Waals surface area (Å²) in [6.45, 7) is 0.512. The lowest BCUT2D eigenvalue weighted by Gasteiger charge is -2.14. The van der Waals surface area contributed by atoms with Gasteiger partial charge in [0.1, 0.15) is 23.9 Å². The lowest BCUT2D eigenvalue weighted by Crippen LogP contribution is -2.05. The molecule has 0 spiro atoms. The van der Waals surface area contributed by atoms with Crippen molar-refractivity contribution in [3.8, 4) is 11.5 Å². The molecule has 0 radical (unpaired) electrons. The van der Waals surface area contributed by atoms with E-state index in [0.717, 1.165) is 15.6 Å². The number of fused-ring (bicyclic) bond motifs is 1. The maximum atomic E-state index is 14.1. The molecule has 158 valence electrons. The van der Waals surface area contributed by atoms with Crippen LogP contribution in [0.1, 0.15) is 11.1 Å². The third-order valence-corrected chi connectivity index (χ3v) is 5.46. The molecule has 0 aliphatic heterocycles. The Hall–Kier alpha value is -3.03. The van der Waals surface area contributed by atoms with Gasteiger partial charge in [-0.3, -0.25) is 0 Å². The molecule has 31 heavy (non-hydrogen) atoms. The van der Waals surface area contributed by atoms with Crippen molar-refractivity contribution in [2.24, 2.45) is 0 Å². The van der Waals surface area contributed by atoms with Crippen LogP contribution in [0.25, 0.3) is 10.9 Å². The number of benzene rings is 3. The minimum Gasteiger partial charge on any atom is -0.488 e. The minimum absolute atomic E-state index is 0.0562. The standard InChI is InChI=1S/C23H16BrClFNO4/c24-16-5-7-21(30-13-14-4-6-17(25)11-19(14)26)15(10-16)12-27-9-8-18-20(27)2-1-3-22(18)31-23(28)29/h1-11H,12-13H2,(H,28,29). The molecule has 1 N–H and O–H groups in total. The van der Waals surface area contributed by atoms with Crippen LogP contribution in [0.5, 0.6) is 11.5 Å². The van der Waals surface area contributed by atoms with Crippen molar-refractivity contribution in [2.45, 2.75) is 13.2 Å². The number of carbonyl (C=O) groups is 1. The van der Waals surface area contributed by atoms with Crippen LogP contribution in [-0.4, -0.2) is 15.8 Å². The molecule has 0 atom stereocenters. The highest BCUT2D eigenvalue weighted by atomic mass is 79.9. The van der Waals surface area contributed by atoms with Gasteiger partial charge in [-0.25, -0.2) is 9.18 Å². The first-order valence-corrected chi connectivity index (χ1v) is 10.4. The van der Waals surface area contributed by atoms with Crippen LogP contribution < -0.4 is 9.47 Å². The van der Waals surface area contributed by atoms with E-state index in [4.69, 9.17) is 26.2 Å². The predicted octanol–water partition coefficient (Wildman–Crippen LogP) is 6.88. The van der Waals surface area contributed by atoms with E-state index in [-0.39, 0.29) is 12.4 Å². The summed E-state index contributed by atoms with van der Waals surface area (Å²) in [5, 5.41) is 9.95. The largest absolute Gasteiger partial charge is 0.511 e. The Balaban J connectivity index is 1.62. The Kier molecular flexibility index (Phi) is 6.15. The van der Waals surface area contributed by atoms with Crippen molar-refractivity contribution in [3.05, 3.63) is 93.3 Å². The molecule has 0 saturated heterocycles. The summed E-state index contributed by atoms with van der Waals surface area (Å²) in [6.07, 6.45) is 0.487. The molecule has 0 fully saturated rings. The molecule has 0 aliphatic carbocycles. The average molecular weight is 505 g/mol. The van der Waals surface area contributed by atoms with Crippen molar-refractivity contribution < 1.29 is 23.8 Å². The summed E-state index contributed by atoms with van der Waals surface area (Å²) in [4.78, 5) is 10.9. The van der Waals surface area contributed by atoms with Gasteiger partial charge in [0.25, 0.3) is 0 Å². The second kappa shape index (κ2) is 8.99. The van der Waals surface area contributed by atoms with Crippen LogP contribution in [0.2, 0.25) is 5.02 Å². The fraction of sp³-hybridized carbons (Fsp3) is 0.0870. The number of ether oxygens (including phenoxy) is 2. The van der Waals surface area contributed by atoms with E-state index in [1.165, 1.54) is 6.07 Å². The lowest BCUT2D eigenvalue weighted by atomic mass is 10.2. The van der Waals surface area contributed by atoms with Crippen molar-refractivity contribution in [3.63, 3.8) is 0 Å². The molecule has 0 amide bonds. The van der Waals surface area contributed by atoms with E-state index in [1.807, 2.05) is 35.0 Å². The van der Waals surface area contributed by atoms with Gasteiger partial charge in [-0.05, 0) is 48.5 Å². The summed E-state index contributed by atoms with van der Waals surface area (Å²) < 4.78 is 27.7. The molecule has 5 nitrogen and oxygen atoms in total. The van der Waals surface area contributed by atoms with Gasteiger partial charge in [0.2, 0.25) is 0 Å². The highest BCUT2D eigenvalue weighted by Gasteiger charge is 2.13. The van der Waals surface area contributed by atoms with Crippen molar-refractivity contribution in [2.75, 3.05) is 0 Å². The summed E-state index contributed by atoms with van der Waals surface area (Å²) in [5.74, 6) is 0.457. The van der Waals surface area contributed by atoms with Gasteiger partial charge < -0.3 is 19.1 Å². The van der Waals surface area contributed by atoms with Crippen LogP contribution in [-0.2, 0) is 13.2 Å². The number of aromatic nitrogens is 1. The number of nitrogens with zero attached hydrogens (tertiary/aromatic N) is 1. The molecule has 4 aromatic rings. The Morgan fingerprint density at radius 3 is 2.68 bits per heavy atom. The van der Waals surface area contributed by atoms with Crippen molar-refractivity contribution >= 4 is 44.6 Å². The van der Waals surface area contributed by atoms with Gasteiger partial charge in [-0.1, -0.05) is 39.7 Å². The number of hydrogen-bond donors (Lipinski definition) is 1. The highest BCUT2D eigenvalue weighted by molar-refractivity contribution is 9.10. The number of rotatable bonds is 6. The van der Waals surface area contributed by atoms with E-state index in [1.54, 1.807) is 30.3 Å². The van der Waals surface area contributed by atoms with Gasteiger partial charge in [0, 0.05) is 32.2 Å². The zero-order valence-corrected chi connectivity index (χ0v) is 18.4. The number of hydrogen-bond acceptors (Lipinski definition) is 3. The third-order valence-electron chi connectivity index (χ3n) is 4.73. The fourth-order valence-corrected chi connectivity index (χ4v) is 3.87. The SMILES string of the molecule is O=C(O)Oc1cccc2c1ccn2Cc1cc(Br)ccc1OCc1ccc(Cl)cc1F. The molecule has 0 unspecified atom stereocenters. The van der Waals surface area contributed by atoms with Crippen LogP contribution >= 0.6 is 27.5 Å². The van der Waals surface area contributed by atoms with E-state index >= 15 is 0 Å². The van der Waals surface area contributed by atoms with Gasteiger partial charge in [0.15, 0.2) is 0 Å². The third kappa shape index (κ3) is 4.84.